The molecule has 0 unspecified atom stereocenters. The van der Waals surface area contributed by atoms with Gasteiger partial charge in [-0.1, -0.05) is 11.6 Å². The second-order valence-corrected chi connectivity index (χ2v) is 5.75. The molecule has 1 aliphatic heterocycles. The molecule has 1 saturated heterocycles. The lowest BCUT2D eigenvalue weighted by Crippen LogP contribution is -2.47. The minimum absolute atomic E-state index is 0.0188. The first kappa shape index (κ1) is 15.9. The van der Waals surface area contributed by atoms with E-state index >= 15 is 0 Å². The number of pyridine rings is 1. The molecule has 0 radical (unpaired) electrons. The number of aromatic nitrogens is 3. The summed E-state index contributed by atoms with van der Waals surface area (Å²) in [5, 5.41) is 0.0188. The number of alkyl halides is 3. The number of imidazole rings is 1. The van der Waals surface area contributed by atoms with Gasteiger partial charge in [0.05, 0.1) is 10.6 Å². The van der Waals surface area contributed by atoms with Crippen LogP contribution in [-0.4, -0.2) is 40.7 Å². The minimum Gasteiger partial charge on any atom is -0.352 e. The third-order valence-corrected chi connectivity index (χ3v) is 4.09. The van der Waals surface area contributed by atoms with Crippen molar-refractivity contribution in [1.29, 1.82) is 0 Å². The zero-order chi connectivity index (χ0) is 16.6. The summed E-state index contributed by atoms with van der Waals surface area (Å²) in [6.07, 6.45) is -0.00953. The maximum absolute atomic E-state index is 12.7. The van der Waals surface area contributed by atoms with E-state index in [4.69, 9.17) is 11.6 Å². The fourth-order valence-corrected chi connectivity index (χ4v) is 2.88. The fourth-order valence-electron chi connectivity index (χ4n) is 2.60. The van der Waals surface area contributed by atoms with Crippen LogP contribution in [0, 0.1) is 0 Å². The Labute approximate surface area is 136 Å². The molecule has 0 bridgehead atoms. The molecule has 3 heterocycles. The van der Waals surface area contributed by atoms with Crippen molar-refractivity contribution < 1.29 is 13.2 Å². The first-order chi connectivity index (χ1) is 10.9. The van der Waals surface area contributed by atoms with Gasteiger partial charge < -0.3 is 14.4 Å². The number of halogens is 4. The molecule has 1 fully saturated rings. The Morgan fingerprint density at radius 3 is 2.26 bits per heavy atom. The van der Waals surface area contributed by atoms with E-state index < -0.39 is 11.7 Å². The van der Waals surface area contributed by atoms with Gasteiger partial charge in [-0.25, -0.2) is 9.97 Å². The van der Waals surface area contributed by atoms with Gasteiger partial charge in [0.25, 0.3) is 0 Å². The van der Waals surface area contributed by atoms with Crippen molar-refractivity contribution in [2.45, 2.75) is 6.18 Å². The van der Waals surface area contributed by atoms with Crippen LogP contribution in [0.3, 0.4) is 0 Å². The van der Waals surface area contributed by atoms with Gasteiger partial charge in [0.15, 0.2) is 0 Å². The highest BCUT2D eigenvalue weighted by molar-refractivity contribution is 6.33. The summed E-state index contributed by atoms with van der Waals surface area (Å²) in [6, 6.07) is 0.926. The maximum Gasteiger partial charge on any atom is 0.417 e. The standard InChI is InChI=1S/C14H15ClF3N5/c1-21-3-2-19-13(21)23-6-4-22(5-7-23)12-11(15)8-10(9-20-12)14(16,17)18/h2-3,8-9H,4-7H2,1H3. The molecule has 0 N–H and O–H groups in total. The van der Waals surface area contributed by atoms with Crippen LogP contribution in [0.25, 0.3) is 0 Å². The SMILES string of the molecule is Cn1ccnc1N1CCN(c2ncc(C(F)(F)F)cc2Cl)CC1. The molecule has 0 amide bonds. The molecule has 0 aromatic carbocycles. The van der Waals surface area contributed by atoms with E-state index in [1.165, 1.54) is 0 Å². The fraction of sp³-hybridized carbons (Fsp3) is 0.429. The first-order valence-electron chi connectivity index (χ1n) is 7.06. The zero-order valence-corrected chi connectivity index (χ0v) is 13.1. The Morgan fingerprint density at radius 2 is 1.74 bits per heavy atom. The van der Waals surface area contributed by atoms with Gasteiger partial charge in [-0.15, -0.1) is 0 Å². The van der Waals surface area contributed by atoms with Crippen LogP contribution in [0.5, 0.6) is 0 Å². The second kappa shape index (κ2) is 5.92. The Morgan fingerprint density at radius 1 is 1.09 bits per heavy atom. The van der Waals surface area contributed by atoms with Gasteiger partial charge in [0.2, 0.25) is 5.95 Å². The number of anilines is 2. The highest BCUT2D eigenvalue weighted by Gasteiger charge is 2.32. The van der Waals surface area contributed by atoms with Crippen molar-refractivity contribution >= 4 is 23.4 Å². The van der Waals surface area contributed by atoms with Gasteiger partial charge in [-0.05, 0) is 6.07 Å². The Kier molecular flexibility index (Phi) is 4.09. The molecule has 0 spiro atoms. The smallest absolute Gasteiger partial charge is 0.352 e. The number of aryl methyl sites for hydroxylation is 1. The minimum atomic E-state index is -4.44. The van der Waals surface area contributed by atoms with Crippen molar-refractivity contribution in [2.75, 3.05) is 36.0 Å². The van der Waals surface area contributed by atoms with Gasteiger partial charge in [-0.2, -0.15) is 13.2 Å². The number of hydrogen-bond acceptors (Lipinski definition) is 4. The molecule has 2 aromatic heterocycles. The molecule has 124 valence electrons. The summed E-state index contributed by atoms with van der Waals surface area (Å²) in [5.41, 5.74) is -0.835. The van der Waals surface area contributed by atoms with Gasteiger partial charge in [-0.3, -0.25) is 0 Å². The predicted molar refractivity (Wildman–Crippen MR) is 81.9 cm³/mol. The van der Waals surface area contributed by atoms with E-state index in [9.17, 15) is 13.2 Å². The predicted octanol–water partition coefficient (Wildman–Crippen LogP) is 2.81. The monoisotopic (exact) mass is 345 g/mol. The van der Waals surface area contributed by atoms with Crippen molar-refractivity contribution in [1.82, 2.24) is 14.5 Å². The summed E-state index contributed by atoms with van der Waals surface area (Å²) in [6.45, 7) is 2.63. The van der Waals surface area contributed by atoms with Crippen LogP contribution >= 0.6 is 11.6 Å². The number of nitrogens with zero attached hydrogens (tertiary/aromatic N) is 5. The molecule has 5 nitrogen and oxygen atoms in total. The third-order valence-electron chi connectivity index (χ3n) is 3.81. The number of hydrogen-bond donors (Lipinski definition) is 0. The van der Waals surface area contributed by atoms with Crippen molar-refractivity contribution in [3.8, 4) is 0 Å². The summed E-state index contributed by atoms with van der Waals surface area (Å²) >= 11 is 6.00. The van der Waals surface area contributed by atoms with Crippen LogP contribution < -0.4 is 9.80 Å². The van der Waals surface area contributed by atoms with Crippen molar-refractivity contribution in [2.24, 2.45) is 7.05 Å². The third kappa shape index (κ3) is 3.21. The van der Waals surface area contributed by atoms with Crippen LogP contribution in [0.15, 0.2) is 24.7 Å². The van der Waals surface area contributed by atoms with Crippen molar-refractivity contribution in [3.63, 3.8) is 0 Å². The van der Waals surface area contributed by atoms with E-state index in [2.05, 4.69) is 14.9 Å². The van der Waals surface area contributed by atoms with Gasteiger partial charge in [0, 0.05) is 51.8 Å². The molecular weight excluding hydrogens is 331 g/mol. The summed E-state index contributed by atoms with van der Waals surface area (Å²) in [4.78, 5) is 12.2. The first-order valence-corrected chi connectivity index (χ1v) is 7.44. The van der Waals surface area contributed by atoms with Crippen LogP contribution in [-0.2, 0) is 13.2 Å². The summed E-state index contributed by atoms with van der Waals surface area (Å²) in [7, 11) is 1.92. The molecule has 23 heavy (non-hydrogen) atoms. The topological polar surface area (TPSA) is 37.2 Å². The lowest BCUT2D eigenvalue weighted by Gasteiger charge is -2.36. The van der Waals surface area contributed by atoms with E-state index in [0.717, 1.165) is 18.2 Å². The van der Waals surface area contributed by atoms with Crippen molar-refractivity contribution in [3.05, 3.63) is 35.2 Å². The van der Waals surface area contributed by atoms with Crippen LogP contribution in [0.2, 0.25) is 5.02 Å². The molecule has 9 heteroatoms. The van der Waals surface area contributed by atoms with Gasteiger partial charge >= 0.3 is 6.18 Å². The average molecular weight is 346 g/mol. The average Bonchev–Trinajstić information content (AvgIpc) is 2.93. The number of rotatable bonds is 2. The van der Waals surface area contributed by atoms with E-state index in [-0.39, 0.29) is 5.02 Å². The molecule has 0 saturated carbocycles. The molecule has 1 aliphatic rings. The number of piperazine rings is 1. The molecular formula is C14H15ClF3N5. The van der Waals surface area contributed by atoms with E-state index in [0.29, 0.717) is 32.0 Å². The molecule has 0 aliphatic carbocycles. The Bertz CT molecular complexity index is 692. The quantitative estimate of drug-likeness (QED) is 0.838. The van der Waals surface area contributed by atoms with E-state index in [1.807, 2.05) is 22.7 Å². The van der Waals surface area contributed by atoms with E-state index in [1.54, 1.807) is 6.20 Å². The summed E-state index contributed by atoms with van der Waals surface area (Å²) in [5.74, 6) is 1.26. The van der Waals surface area contributed by atoms with Crippen LogP contribution in [0.1, 0.15) is 5.56 Å². The summed E-state index contributed by atoms with van der Waals surface area (Å²) < 4.78 is 39.9. The largest absolute Gasteiger partial charge is 0.417 e. The second-order valence-electron chi connectivity index (χ2n) is 5.34. The Hall–Kier alpha value is -1.96. The molecule has 0 atom stereocenters. The lowest BCUT2D eigenvalue weighted by molar-refractivity contribution is -0.137. The van der Waals surface area contributed by atoms with Gasteiger partial charge in [0.1, 0.15) is 5.82 Å². The molecule has 2 aromatic rings. The normalized spacial score (nSPS) is 16.0. The Balaban J connectivity index is 1.72. The maximum atomic E-state index is 12.7. The lowest BCUT2D eigenvalue weighted by atomic mass is 10.2. The highest BCUT2D eigenvalue weighted by atomic mass is 35.5. The zero-order valence-electron chi connectivity index (χ0n) is 12.4. The molecule has 3 rings (SSSR count). The highest BCUT2D eigenvalue weighted by Crippen LogP contribution is 2.33. The van der Waals surface area contributed by atoms with Crippen LogP contribution in [0.4, 0.5) is 24.9 Å².